The van der Waals surface area contributed by atoms with Crippen LogP contribution in [0.5, 0.6) is 0 Å². The van der Waals surface area contributed by atoms with Gasteiger partial charge in [-0.1, -0.05) is 12.8 Å². The number of anilines is 1. The third kappa shape index (κ3) is 2.38. The minimum atomic E-state index is 0.716. The lowest BCUT2D eigenvalue weighted by Gasteiger charge is -2.07. The molecule has 4 heteroatoms. The van der Waals surface area contributed by atoms with Crippen LogP contribution in [0.4, 0.5) is 5.95 Å². The van der Waals surface area contributed by atoms with Gasteiger partial charge in [0.2, 0.25) is 5.95 Å². The molecule has 1 aliphatic carbocycles. The van der Waals surface area contributed by atoms with E-state index in [0.29, 0.717) is 5.95 Å². The monoisotopic (exact) mass is 209 g/mol. The Morgan fingerprint density at radius 3 is 2.93 bits per heavy atom. The number of rotatable bonds is 3. The van der Waals surface area contributed by atoms with Gasteiger partial charge in [0.1, 0.15) is 5.03 Å². The maximum absolute atomic E-state index is 4.40. The van der Waals surface area contributed by atoms with Crippen LogP contribution in [0, 0.1) is 0 Å². The van der Waals surface area contributed by atoms with E-state index in [9.17, 15) is 0 Å². The highest BCUT2D eigenvalue weighted by Gasteiger charge is 2.16. The van der Waals surface area contributed by atoms with E-state index in [1.807, 2.05) is 31.1 Å². The van der Waals surface area contributed by atoms with Crippen LogP contribution in [0.1, 0.15) is 25.7 Å². The third-order valence-corrected chi connectivity index (χ3v) is 3.72. The van der Waals surface area contributed by atoms with E-state index in [-0.39, 0.29) is 0 Å². The Bertz CT molecular complexity index is 297. The third-order valence-electron chi connectivity index (χ3n) is 2.44. The van der Waals surface area contributed by atoms with Crippen LogP contribution in [0.15, 0.2) is 17.3 Å². The fourth-order valence-corrected chi connectivity index (χ4v) is 2.89. The van der Waals surface area contributed by atoms with Crippen molar-refractivity contribution in [3.8, 4) is 0 Å². The fraction of sp³-hybridized carbons (Fsp3) is 0.600. The van der Waals surface area contributed by atoms with Gasteiger partial charge in [-0.25, -0.2) is 9.97 Å². The summed E-state index contributed by atoms with van der Waals surface area (Å²) in [5.74, 6) is 0.716. The minimum absolute atomic E-state index is 0.716. The summed E-state index contributed by atoms with van der Waals surface area (Å²) in [5.41, 5.74) is 0. The zero-order valence-electron chi connectivity index (χ0n) is 8.36. The molecule has 1 saturated carbocycles. The fourth-order valence-electron chi connectivity index (χ4n) is 1.71. The maximum atomic E-state index is 4.40. The smallest absolute Gasteiger partial charge is 0.223 e. The molecule has 0 atom stereocenters. The molecule has 14 heavy (non-hydrogen) atoms. The Labute approximate surface area is 88.7 Å². The molecule has 0 bridgehead atoms. The van der Waals surface area contributed by atoms with Crippen molar-refractivity contribution in [1.82, 2.24) is 9.97 Å². The molecule has 1 aliphatic rings. The predicted octanol–water partition coefficient (Wildman–Crippen LogP) is 2.55. The van der Waals surface area contributed by atoms with Gasteiger partial charge in [0.25, 0.3) is 0 Å². The molecule has 0 spiro atoms. The Kier molecular flexibility index (Phi) is 3.24. The van der Waals surface area contributed by atoms with Crippen molar-refractivity contribution >= 4 is 17.7 Å². The Morgan fingerprint density at radius 2 is 2.21 bits per heavy atom. The van der Waals surface area contributed by atoms with Gasteiger partial charge in [-0.15, -0.1) is 11.8 Å². The first-order chi connectivity index (χ1) is 6.88. The van der Waals surface area contributed by atoms with Gasteiger partial charge in [-0.05, 0) is 18.9 Å². The summed E-state index contributed by atoms with van der Waals surface area (Å²) in [6.07, 6.45) is 7.24. The molecule has 0 aromatic carbocycles. The minimum Gasteiger partial charge on any atom is -0.357 e. The molecular formula is C10H15N3S. The first kappa shape index (κ1) is 9.77. The second-order valence-corrected chi connectivity index (χ2v) is 4.81. The van der Waals surface area contributed by atoms with E-state index in [1.165, 1.54) is 25.7 Å². The number of aromatic nitrogens is 2. The zero-order valence-corrected chi connectivity index (χ0v) is 9.18. The maximum Gasteiger partial charge on any atom is 0.223 e. The van der Waals surface area contributed by atoms with Crippen LogP contribution >= 0.6 is 11.8 Å². The number of hydrogen-bond acceptors (Lipinski definition) is 4. The van der Waals surface area contributed by atoms with Crippen molar-refractivity contribution in [1.29, 1.82) is 0 Å². The molecule has 0 amide bonds. The van der Waals surface area contributed by atoms with E-state index in [2.05, 4.69) is 15.3 Å². The molecule has 1 fully saturated rings. The average Bonchev–Trinajstić information content (AvgIpc) is 2.71. The van der Waals surface area contributed by atoms with Crippen molar-refractivity contribution in [3.63, 3.8) is 0 Å². The number of nitrogens with one attached hydrogen (secondary N) is 1. The van der Waals surface area contributed by atoms with Crippen LogP contribution in [0.25, 0.3) is 0 Å². The van der Waals surface area contributed by atoms with Gasteiger partial charge < -0.3 is 5.32 Å². The molecule has 1 aromatic heterocycles. The summed E-state index contributed by atoms with van der Waals surface area (Å²) in [5, 5.41) is 4.82. The molecule has 0 radical (unpaired) electrons. The standard InChI is InChI=1S/C10H15N3S/c1-11-10-12-7-6-9(13-10)14-8-4-2-3-5-8/h6-8H,2-5H2,1H3,(H,11,12,13). The SMILES string of the molecule is CNc1nccc(SC2CCCC2)n1. The van der Waals surface area contributed by atoms with Crippen molar-refractivity contribution in [2.45, 2.75) is 36.0 Å². The molecule has 76 valence electrons. The summed E-state index contributed by atoms with van der Waals surface area (Å²) in [6, 6.07) is 1.99. The lowest BCUT2D eigenvalue weighted by molar-refractivity contribution is 0.886. The number of hydrogen-bond donors (Lipinski definition) is 1. The van der Waals surface area contributed by atoms with Crippen LogP contribution in [-0.2, 0) is 0 Å². The van der Waals surface area contributed by atoms with E-state index >= 15 is 0 Å². The predicted molar refractivity (Wildman–Crippen MR) is 59.7 cm³/mol. The molecule has 0 unspecified atom stereocenters. The van der Waals surface area contributed by atoms with Gasteiger partial charge in [0.05, 0.1) is 0 Å². The summed E-state index contributed by atoms with van der Waals surface area (Å²) in [6.45, 7) is 0. The van der Waals surface area contributed by atoms with E-state index in [0.717, 1.165) is 10.3 Å². The largest absolute Gasteiger partial charge is 0.357 e. The highest BCUT2D eigenvalue weighted by atomic mass is 32.2. The summed E-state index contributed by atoms with van der Waals surface area (Å²) < 4.78 is 0. The molecule has 2 rings (SSSR count). The van der Waals surface area contributed by atoms with E-state index < -0.39 is 0 Å². The van der Waals surface area contributed by atoms with Gasteiger partial charge in [0.15, 0.2) is 0 Å². The Hall–Kier alpha value is -0.770. The molecule has 1 N–H and O–H groups in total. The number of nitrogens with zero attached hydrogens (tertiary/aromatic N) is 2. The molecule has 1 aromatic rings. The quantitative estimate of drug-likeness (QED) is 0.776. The topological polar surface area (TPSA) is 37.8 Å². The van der Waals surface area contributed by atoms with Crippen LogP contribution in [0.3, 0.4) is 0 Å². The van der Waals surface area contributed by atoms with Gasteiger partial charge in [0, 0.05) is 18.5 Å². The Morgan fingerprint density at radius 1 is 1.43 bits per heavy atom. The van der Waals surface area contributed by atoms with E-state index in [4.69, 9.17) is 0 Å². The zero-order chi connectivity index (χ0) is 9.80. The average molecular weight is 209 g/mol. The summed E-state index contributed by atoms with van der Waals surface area (Å²) in [7, 11) is 1.85. The van der Waals surface area contributed by atoms with Crippen molar-refractivity contribution in [2.75, 3.05) is 12.4 Å². The molecular weight excluding hydrogens is 194 g/mol. The lowest BCUT2D eigenvalue weighted by atomic mass is 10.4. The first-order valence-electron chi connectivity index (χ1n) is 5.06. The molecule has 3 nitrogen and oxygen atoms in total. The highest BCUT2D eigenvalue weighted by molar-refractivity contribution is 7.99. The summed E-state index contributed by atoms with van der Waals surface area (Å²) >= 11 is 1.89. The van der Waals surface area contributed by atoms with Gasteiger partial charge in [-0.3, -0.25) is 0 Å². The van der Waals surface area contributed by atoms with Crippen LogP contribution in [-0.4, -0.2) is 22.3 Å². The second kappa shape index (κ2) is 4.64. The Balaban J connectivity index is 2.00. The molecule has 0 saturated heterocycles. The highest BCUT2D eigenvalue weighted by Crippen LogP contribution is 2.33. The van der Waals surface area contributed by atoms with Crippen molar-refractivity contribution in [2.24, 2.45) is 0 Å². The van der Waals surface area contributed by atoms with Crippen LogP contribution in [0.2, 0.25) is 0 Å². The first-order valence-corrected chi connectivity index (χ1v) is 5.94. The van der Waals surface area contributed by atoms with Gasteiger partial charge in [-0.2, -0.15) is 0 Å². The normalized spacial score (nSPS) is 17.2. The number of thioether (sulfide) groups is 1. The summed E-state index contributed by atoms with van der Waals surface area (Å²) in [4.78, 5) is 8.49. The van der Waals surface area contributed by atoms with Crippen molar-refractivity contribution < 1.29 is 0 Å². The molecule has 1 heterocycles. The second-order valence-electron chi connectivity index (χ2n) is 3.49. The van der Waals surface area contributed by atoms with Crippen LogP contribution < -0.4 is 5.32 Å². The molecule has 0 aliphatic heterocycles. The van der Waals surface area contributed by atoms with Crippen molar-refractivity contribution in [3.05, 3.63) is 12.3 Å². The van der Waals surface area contributed by atoms with E-state index in [1.54, 1.807) is 0 Å². The van der Waals surface area contributed by atoms with Gasteiger partial charge >= 0.3 is 0 Å². The lowest BCUT2D eigenvalue weighted by Crippen LogP contribution is -1.99.